The molecule has 3 aliphatic rings. The molecule has 2 aliphatic heterocycles. The molecule has 2 nitrogen and oxygen atoms in total. The van der Waals surface area contributed by atoms with Gasteiger partial charge in [0.1, 0.15) is 0 Å². The minimum absolute atomic E-state index is 0.190. The largest absolute Gasteiger partial charge is 0.365 e. The Labute approximate surface area is 114 Å². The van der Waals surface area contributed by atoms with Gasteiger partial charge < -0.3 is 9.84 Å². The first kappa shape index (κ1) is 11.9. The van der Waals surface area contributed by atoms with Gasteiger partial charge in [-0.15, -0.1) is 0 Å². The van der Waals surface area contributed by atoms with Gasteiger partial charge in [-0.3, -0.25) is 0 Å². The van der Waals surface area contributed by atoms with Crippen molar-refractivity contribution in [1.29, 1.82) is 0 Å². The van der Waals surface area contributed by atoms with Crippen LogP contribution in [0.25, 0.3) is 0 Å². The second kappa shape index (κ2) is 4.07. The minimum Gasteiger partial charge on any atom is -0.365 e. The quantitative estimate of drug-likeness (QED) is 0.771. The van der Waals surface area contributed by atoms with Crippen LogP contribution >= 0.6 is 0 Å². The fraction of sp³-hybridized carbons (Fsp3) is 0.647. The van der Waals surface area contributed by atoms with E-state index >= 15 is 0 Å². The summed E-state index contributed by atoms with van der Waals surface area (Å²) < 4.78 is 6.36. The highest BCUT2D eigenvalue weighted by Crippen LogP contribution is 2.57. The molecule has 2 fully saturated rings. The molecule has 2 heterocycles. The summed E-state index contributed by atoms with van der Waals surface area (Å²) in [6.45, 7) is 0. The van der Waals surface area contributed by atoms with E-state index in [0.29, 0.717) is 5.92 Å². The molecule has 1 aliphatic carbocycles. The van der Waals surface area contributed by atoms with Gasteiger partial charge in [-0.25, -0.2) is 0 Å². The van der Waals surface area contributed by atoms with Gasteiger partial charge in [-0.2, -0.15) is 0 Å². The Hall–Kier alpha value is -0.860. The third-order valence-corrected chi connectivity index (χ3v) is 5.43. The summed E-state index contributed by atoms with van der Waals surface area (Å²) >= 11 is 0. The van der Waals surface area contributed by atoms with E-state index in [0.717, 1.165) is 32.1 Å². The summed E-state index contributed by atoms with van der Waals surface area (Å²) in [7, 11) is 0. The second-order valence-corrected chi connectivity index (χ2v) is 6.60. The van der Waals surface area contributed by atoms with E-state index in [-0.39, 0.29) is 5.60 Å². The van der Waals surface area contributed by atoms with Gasteiger partial charge in [-0.05, 0) is 42.7 Å². The van der Waals surface area contributed by atoms with Crippen molar-refractivity contribution >= 4 is 0 Å². The molecule has 0 unspecified atom stereocenters. The van der Waals surface area contributed by atoms with Crippen molar-refractivity contribution in [3.8, 4) is 0 Å². The van der Waals surface area contributed by atoms with E-state index in [1.165, 1.54) is 30.4 Å². The SMILES string of the molecule is O[C@]12CCCc3ccccc3[C@@]3(CCCC[C@H]3C1)O2. The molecule has 2 bridgehead atoms. The summed E-state index contributed by atoms with van der Waals surface area (Å²) in [5, 5.41) is 10.8. The van der Waals surface area contributed by atoms with Gasteiger partial charge in [0.05, 0.1) is 5.60 Å². The van der Waals surface area contributed by atoms with Crippen LogP contribution in [-0.4, -0.2) is 10.9 Å². The molecule has 102 valence electrons. The van der Waals surface area contributed by atoms with Crippen LogP contribution < -0.4 is 0 Å². The molecule has 0 amide bonds. The lowest BCUT2D eigenvalue weighted by atomic mass is 9.70. The number of aliphatic hydroxyl groups is 1. The van der Waals surface area contributed by atoms with Crippen molar-refractivity contribution in [3.05, 3.63) is 35.4 Å². The van der Waals surface area contributed by atoms with Crippen LogP contribution in [0.5, 0.6) is 0 Å². The first-order valence-electron chi connectivity index (χ1n) is 7.73. The molecule has 0 radical (unpaired) electrons. The maximum Gasteiger partial charge on any atom is 0.167 e. The summed E-state index contributed by atoms with van der Waals surface area (Å²) in [6, 6.07) is 8.75. The van der Waals surface area contributed by atoms with Gasteiger partial charge >= 0.3 is 0 Å². The van der Waals surface area contributed by atoms with Crippen LogP contribution in [0, 0.1) is 5.92 Å². The highest BCUT2D eigenvalue weighted by Gasteiger charge is 2.57. The van der Waals surface area contributed by atoms with Crippen molar-refractivity contribution in [2.24, 2.45) is 5.92 Å². The Morgan fingerprint density at radius 2 is 2.00 bits per heavy atom. The van der Waals surface area contributed by atoms with Crippen molar-refractivity contribution in [2.45, 2.75) is 62.8 Å². The Bertz CT molecular complexity index is 498. The normalized spacial score (nSPS) is 41.0. The third kappa shape index (κ3) is 1.70. The van der Waals surface area contributed by atoms with E-state index < -0.39 is 5.79 Å². The van der Waals surface area contributed by atoms with E-state index in [9.17, 15) is 5.11 Å². The lowest BCUT2D eigenvalue weighted by Crippen LogP contribution is -2.39. The number of rotatable bonds is 0. The predicted molar refractivity (Wildman–Crippen MR) is 73.7 cm³/mol. The Balaban J connectivity index is 1.89. The van der Waals surface area contributed by atoms with Crippen LogP contribution in [0.1, 0.15) is 56.1 Å². The molecule has 19 heavy (non-hydrogen) atoms. The third-order valence-electron chi connectivity index (χ3n) is 5.43. The maximum absolute atomic E-state index is 10.8. The Kier molecular flexibility index (Phi) is 2.55. The molecular weight excluding hydrogens is 236 g/mol. The van der Waals surface area contributed by atoms with Crippen molar-refractivity contribution < 1.29 is 9.84 Å². The predicted octanol–water partition coefficient (Wildman–Crippen LogP) is 3.52. The van der Waals surface area contributed by atoms with Gasteiger partial charge in [0.2, 0.25) is 0 Å². The van der Waals surface area contributed by atoms with Crippen LogP contribution in [0.3, 0.4) is 0 Å². The molecule has 1 saturated heterocycles. The molecule has 4 rings (SSSR count). The number of hydrogen-bond acceptors (Lipinski definition) is 2. The lowest BCUT2D eigenvalue weighted by Gasteiger charge is -2.41. The molecular formula is C17H22O2. The molecule has 1 N–H and O–H groups in total. The van der Waals surface area contributed by atoms with Crippen LogP contribution in [0.2, 0.25) is 0 Å². The maximum atomic E-state index is 10.8. The number of ether oxygens (including phenoxy) is 1. The van der Waals surface area contributed by atoms with Gasteiger partial charge in [0.15, 0.2) is 5.79 Å². The van der Waals surface area contributed by atoms with E-state index in [1.54, 1.807) is 0 Å². The van der Waals surface area contributed by atoms with Crippen LogP contribution in [0.4, 0.5) is 0 Å². The highest BCUT2D eigenvalue weighted by molar-refractivity contribution is 5.36. The lowest BCUT2D eigenvalue weighted by molar-refractivity contribution is -0.239. The Morgan fingerprint density at radius 3 is 2.95 bits per heavy atom. The standard InChI is InChI=1S/C17H22O2/c18-16-10-5-7-13-6-1-2-9-15(13)17(19-16)11-4-3-8-14(17)12-16/h1-2,6,9,14,18H,3-5,7-8,10-12H2/t14-,16-,17-/m0/s1. The fourth-order valence-corrected chi connectivity index (χ4v) is 4.65. The first-order chi connectivity index (χ1) is 9.22. The molecule has 0 aromatic heterocycles. The molecule has 1 saturated carbocycles. The molecule has 1 aromatic carbocycles. The highest BCUT2D eigenvalue weighted by atomic mass is 16.6. The van der Waals surface area contributed by atoms with Gasteiger partial charge in [0, 0.05) is 12.8 Å². The second-order valence-electron chi connectivity index (χ2n) is 6.60. The van der Waals surface area contributed by atoms with Crippen molar-refractivity contribution in [1.82, 2.24) is 0 Å². The number of benzene rings is 1. The first-order valence-corrected chi connectivity index (χ1v) is 7.73. The Morgan fingerprint density at radius 1 is 1.11 bits per heavy atom. The number of hydrogen-bond donors (Lipinski definition) is 1. The van der Waals surface area contributed by atoms with E-state index in [4.69, 9.17) is 4.74 Å². The molecule has 1 aromatic rings. The van der Waals surface area contributed by atoms with Crippen molar-refractivity contribution in [3.63, 3.8) is 0 Å². The summed E-state index contributed by atoms with van der Waals surface area (Å²) in [5.74, 6) is -0.354. The average Bonchev–Trinajstić information content (AvgIpc) is 2.73. The molecule has 1 spiro atoms. The summed E-state index contributed by atoms with van der Waals surface area (Å²) in [6.07, 6.45) is 8.52. The smallest absolute Gasteiger partial charge is 0.167 e. The van der Waals surface area contributed by atoms with Gasteiger partial charge in [-0.1, -0.05) is 37.1 Å². The van der Waals surface area contributed by atoms with E-state index in [2.05, 4.69) is 24.3 Å². The average molecular weight is 258 g/mol. The number of fused-ring (bicyclic) bond motifs is 2. The zero-order valence-electron chi connectivity index (χ0n) is 11.4. The number of aryl methyl sites for hydroxylation is 1. The fourth-order valence-electron chi connectivity index (χ4n) is 4.65. The monoisotopic (exact) mass is 258 g/mol. The zero-order valence-corrected chi connectivity index (χ0v) is 11.4. The minimum atomic E-state index is -0.859. The van der Waals surface area contributed by atoms with Crippen LogP contribution in [-0.2, 0) is 16.8 Å². The van der Waals surface area contributed by atoms with Crippen molar-refractivity contribution in [2.75, 3.05) is 0 Å². The molecule has 2 heteroatoms. The van der Waals surface area contributed by atoms with E-state index in [1.807, 2.05) is 0 Å². The topological polar surface area (TPSA) is 29.5 Å². The molecule has 3 atom stereocenters. The van der Waals surface area contributed by atoms with Crippen LogP contribution in [0.15, 0.2) is 24.3 Å². The van der Waals surface area contributed by atoms with Gasteiger partial charge in [0.25, 0.3) is 0 Å². The summed E-state index contributed by atoms with van der Waals surface area (Å²) in [4.78, 5) is 0. The zero-order chi connectivity index (χ0) is 12.9. The summed E-state index contributed by atoms with van der Waals surface area (Å²) in [5.41, 5.74) is 2.62.